The summed E-state index contributed by atoms with van der Waals surface area (Å²) in [6, 6.07) is -0.185. The second kappa shape index (κ2) is 9.42. The molecule has 2 unspecified atom stereocenters. The summed E-state index contributed by atoms with van der Waals surface area (Å²) in [5, 5.41) is 23.0. The Balaban J connectivity index is 3.38. The zero-order valence-corrected chi connectivity index (χ0v) is 10.2. The number of hydrogen-bond donors (Lipinski definition) is 4. The minimum Gasteiger partial charge on any atom is -0.396 e. The molecule has 5 nitrogen and oxygen atoms in total. The number of hydrogen-bond acceptors (Lipinski definition) is 3. The molecule has 0 aromatic heterocycles. The van der Waals surface area contributed by atoms with Crippen LogP contribution in [0.25, 0.3) is 0 Å². The van der Waals surface area contributed by atoms with E-state index < -0.39 is 0 Å². The van der Waals surface area contributed by atoms with Gasteiger partial charge in [0.2, 0.25) is 0 Å². The van der Waals surface area contributed by atoms with Crippen molar-refractivity contribution in [1.29, 1.82) is 0 Å². The zero-order valence-electron chi connectivity index (χ0n) is 10.2. The van der Waals surface area contributed by atoms with E-state index >= 15 is 0 Å². The molecule has 96 valence electrons. The number of rotatable bonds is 8. The van der Waals surface area contributed by atoms with Crippen LogP contribution in [0, 0.1) is 11.8 Å². The Morgan fingerprint density at radius 1 is 1.00 bits per heavy atom. The number of nitrogens with one attached hydrogen (secondary N) is 2. The Morgan fingerprint density at radius 3 is 1.69 bits per heavy atom. The van der Waals surface area contributed by atoms with Gasteiger partial charge in [0, 0.05) is 26.3 Å². The Kier molecular flexibility index (Phi) is 8.94. The third-order valence-electron chi connectivity index (χ3n) is 2.47. The van der Waals surface area contributed by atoms with E-state index in [1.807, 2.05) is 13.8 Å². The summed E-state index contributed by atoms with van der Waals surface area (Å²) in [6.45, 7) is 5.31. The molecule has 0 fully saturated rings. The van der Waals surface area contributed by atoms with Crippen LogP contribution < -0.4 is 10.6 Å². The average Bonchev–Trinajstić information content (AvgIpc) is 2.28. The van der Waals surface area contributed by atoms with Gasteiger partial charge in [0.1, 0.15) is 0 Å². The lowest BCUT2D eigenvalue weighted by atomic mass is 10.1. The van der Waals surface area contributed by atoms with Crippen LogP contribution in [0.4, 0.5) is 4.79 Å². The van der Waals surface area contributed by atoms with E-state index in [1.165, 1.54) is 0 Å². The van der Waals surface area contributed by atoms with E-state index in [1.54, 1.807) is 0 Å². The molecule has 0 heterocycles. The van der Waals surface area contributed by atoms with Crippen LogP contribution in [0.5, 0.6) is 0 Å². The first-order valence-corrected chi connectivity index (χ1v) is 5.83. The van der Waals surface area contributed by atoms with Crippen LogP contribution in [0.3, 0.4) is 0 Å². The quantitative estimate of drug-likeness (QED) is 0.486. The van der Waals surface area contributed by atoms with Gasteiger partial charge in [-0.2, -0.15) is 0 Å². The molecule has 4 N–H and O–H groups in total. The SMILES string of the molecule is CC(CO)CCNC(=O)NCCC(C)CO. The van der Waals surface area contributed by atoms with Crippen molar-refractivity contribution >= 4 is 6.03 Å². The monoisotopic (exact) mass is 232 g/mol. The van der Waals surface area contributed by atoms with Crippen molar-refractivity contribution in [3.8, 4) is 0 Å². The number of urea groups is 1. The number of carbonyl (C=O) groups is 1. The number of carbonyl (C=O) groups excluding carboxylic acids is 1. The molecule has 2 atom stereocenters. The molecule has 0 spiro atoms. The van der Waals surface area contributed by atoms with Gasteiger partial charge >= 0.3 is 6.03 Å². The van der Waals surface area contributed by atoms with Crippen molar-refractivity contribution in [2.45, 2.75) is 26.7 Å². The van der Waals surface area contributed by atoms with Gasteiger partial charge in [-0.3, -0.25) is 0 Å². The molecule has 0 rings (SSSR count). The normalized spacial score (nSPS) is 14.2. The average molecular weight is 232 g/mol. The molecule has 0 aliphatic heterocycles. The van der Waals surface area contributed by atoms with Crippen LogP contribution in [0.2, 0.25) is 0 Å². The number of aliphatic hydroxyl groups excluding tert-OH is 2. The standard InChI is InChI=1S/C11H24N2O3/c1-9(7-14)3-5-12-11(16)13-6-4-10(2)8-15/h9-10,14-15H,3-8H2,1-2H3,(H2,12,13,16). The fourth-order valence-corrected chi connectivity index (χ4v) is 1.11. The number of amides is 2. The molecular formula is C11H24N2O3. The Morgan fingerprint density at radius 2 is 1.38 bits per heavy atom. The van der Waals surface area contributed by atoms with E-state index in [2.05, 4.69) is 10.6 Å². The van der Waals surface area contributed by atoms with Gasteiger partial charge in [-0.1, -0.05) is 13.8 Å². The van der Waals surface area contributed by atoms with Crippen molar-refractivity contribution in [1.82, 2.24) is 10.6 Å². The molecule has 0 saturated carbocycles. The lowest BCUT2D eigenvalue weighted by Crippen LogP contribution is -2.37. The van der Waals surface area contributed by atoms with Crippen molar-refractivity contribution in [2.75, 3.05) is 26.3 Å². The number of aliphatic hydroxyl groups is 2. The molecule has 0 saturated heterocycles. The molecular weight excluding hydrogens is 208 g/mol. The predicted molar refractivity (Wildman–Crippen MR) is 63.1 cm³/mol. The summed E-state index contributed by atoms with van der Waals surface area (Å²) < 4.78 is 0. The van der Waals surface area contributed by atoms with E-state index in [9.17, 15) is 4.79 Å². The lowest BCUT2D eigenvalue weighted by molar-refractivity contribution is 0.219. The summed E-state index contributed by atoms with van der Waals surface area (Å²) in [7, 11) is 0. The highest BCUT2D eigenvalue weighted by molar-refractivity contribution is 5.73. The second-order valence-corrected chi connectivity index (χ2v) is 4.34. The fourth-order valence-electron chi connectivity index (χ4n) is 1.11. The third kappa shape index (κ3) is 8.49. The Labute approximate surface area is 97.2 Å². The Hall–Kier alpha value is -0.810. The van der Waals surface area contributed by atoms with Crippen LogP contribution in [-0.2, 0) is 0 Å². The van der Waals surface area contributed by atoms with Gasteiger partial charge in [0.15, 0.2) is 0 Å². The molecule has 5 heteroatoms. The maximum absolute atomic E-state index is 11.2. The highest BCUT2D eigenvalue weighted by Gasteiger charge is 2.04. The molecule has 0 aromatic carbocycles. The predicted octanol–water partition coefficient (Wildman–Crippen LogP) is 0.323. The smallest absolute Gasteiger partial charge is 0.314 e. The van der Waals surface area contributed by atoms with Gasteiger partial charge in [-0.25, -0.2) is 4.79 Å². The van der Waals surface area contributed by atoms with E-state index in [4.69, 9.17) is 10.2 Å². The summed E-state index contributed by atoms with van der Waals surface area (Å²) in [5.41, 5.74) is 0. The zero-order chi connectivity index (χ0) is 12.4. The summed E-state index contributed by atoms with van der Waals surface area (Å²) in [6.07, 6.45) is 1.55. The van der Waals surface area contributed by atoms with Crippen LogP contribution in [0.1, 0.15) is 26.7 Å². The van der Waals surface area contributed by atoms with Gasteiger partial charge in [0.25, 0.3) is 0 Å². The molecule has 0 aliphatic carbocycles. The first-order chi connectivity index (χ1) is 7.60. The highest BCUT2D eigenvalue weighted by atomic mass is 16.3. The lowest BCUT2D eigenvalue weighted by Gasteiger charge is -2.11. The summed E-state index contributed by atoms with van der Waals surface area (Å²) in [5.74, 6) is 0.435. The van der Waals surface area contributed by atoms with Crippen molar-refractivity contribution in [2.24, 2.45) is 11.8 Å². The molecule has 2 amide bonds. The molecule has 16 heavy (non-hydrogen) atoms. The van der Waals surface area contributed by atoms with Crippen LogP contribution in [-0.4, -0.2) is 42.5 Å². The fraction of sp³-hybridized carbons (Fsp3) is 0.909. The largest absolute Gasteiger partial charge is 0.396 e. The van der Waals surface area contributed by atoms with Gasteiger partial charge in [-0.05, 0) is 24.7 Å². The second-order valence-electron chi connectivity index (χ2n) is 4.34. The first-order valence-electron chi connectivity index (χ1n) is 5.83. The summed E-state index contributed by atoms with van der Waals surface area (Å²) >= 11 is 0. The highest BCUT2D eigenvalue weighted by Crippen LogP contribution is 1.98. The van der Waals surface area contributed by atoms with Crippen molar-refractivity contribution in [3.05, 3.63) is 0 Å². The molecule has 0 aromatic rings. The molecule has 0 radical (unpaired) electrons. The topological polar surface area (TPSA) is 81.6 Å². The first kappa shape index (κ1) is 15.2. The summed E-state index contributed by atoms with van der Waals surface area (Å²) in [4.78, 5) is 11.2. The minimum atomic E-state index is -0.185. The van der Waals surface area contributed by atoms with Gasteiger partial charge < -0.3 is 20.8 Å². The molecule has 0 aliphatic rings. The van der Waals surface area contributed by atoms with E-state index in [0.29, 0.717) is 13.1 Å². The van der Waals surface area contributed by atoms with E-state index in [0.717, 1.165) is 12.8 Å². The Bertz CT molecular complexity index is 170. The van der Waals surface area contributed by atoms with Crippen LogP contribution in [0.15, 0.2) is 0 Å². The van der Waals surface area contributed by atoms with Crippen molar-refractivity contribution < 1.29 is 15.0 Å². The maximum atomic E-state index is 11.2. The third-order valence-corrected chi connectivity index (χ3v) is 2.47. The van der Waals surface area contributed by atoms with E-state index in [-0.39, 0.29) is 31.1 Å². The maximum Gasteiger partial charge on any atom is 0.314 e. The van der Waals surface area contributed by atoms with Crippen LogP contribution >= 0.6 is 0 Å². The minimum absolute atomic E-state index is 0.150. The molecule has 0 bridgehead atoms. The van der Waals surface area contributed by atoms with Gasteiger partial charge in [-0.15, -0.1) is 0 Å². The van der Waals surface area contributed by atoms with Gasteiger partial charge in [0.05, 0.1) is 0 Å². The van der Waals surface area contributed by atoms with Crippen molar-refractivity contribution in [3.63, 3.8) is 0 Å².